The Kier molecular flexibility index (Phi) is 3.03. The van der Waals surface area contributed by atoms with Crippen LogP contribution in [0, 0.1) is 0 Å². The van der Waals surface area contributed by atoms with Gasteiger partial charge in [-0.2, -0.15) is 0 Å². The van der Waals surface area contributed by atoms with Crippen molar-refractivity contribution < 1.29 is 0 Å². The molecular weight excluding hydrogens is 206 g/mol. The van der Waals surface area contributed by atoms with E-state index in [4.69, 9.17) is 0 Å². The van der Waals surface area contributed by atoms with Crippen LogP contribution in [-0.2, 0) is 0 Å². The summed E-state index contributed by atoms with van der Waals surface area (Å²) in [5.41, 5.74) is 0.524. The van der Waals surface area contributed by atoms with Crippen molar-refractivity contribution in [3.05, 3.63) is 53.3 Å². The summed E-state index contributed by atoms with van der Waals surface area (Å²) in [5.74, 6) is 0. The van der Waals surface area contributed by atoms with Crippen molar-refractivity contribution in [3.63, 3.8) is 0 Å². The van der Waals surface area contributed by atoms with Gasteiger partial charge in [-0.15, -0.1) is 5.10 Å². The van der Waals surface area contributed by atoms with E-state index in [2.05, 4.69) is 25.4 Å². The molecule has 0 saturated heterocycles. The van der Waals surface area contributed by atoms with Crippen molar-refractivity contribution in [1.82, 2.24) is 25.4 Å². The lowest BCUT2D eigenvalue weighted by molar-refractivity contribution is 0.940. The van der Waals surface area contributed by atoms with E-state index in [1.165, 1.54) is 0 Å². The van der Waals surface area contributed by atoms with Crippen molar-refractivity contribution >= 4 is 10.9 Å². The normalized spacial score (nSPS) is 9.50. The lowest BCUT2D eigenvalue weighted by Crippen LogP contribution is -2.07. The predicted molar refractivity (Wildman–Crippen MR) is 58.7 cm³/mol. The van der Waals surface area contributed by atoms with Gasteiger partial charge in [-0.25, -0.2) is 9.78 Å². The number of nitrogens with one attached hydrogen (secondary N) is 2. The second-order valence-electron chi connectivity index (χ2n) is 2.94. The molecule has 0 aliphatic heterocycles. The van der Waals surface area contributed by atoms with E-state index in [9.17, 15) is 4.79 Å². The first kappa shape index (κ1) is 10.0. The third-order valence-electron chi connectivity index (χ3n) is 1.85. The van der Waals surface area contributed by atoms with Gasteiger partial charge in [0.2, 0.25) is 0 Å². The lowest BCUT2D eigenvalue weighted by atomic mass is 10.2. The Hall–Kier alpha value is -2.50. The minimum Gasteiger partial charge on any atom is -0.305 e. The molecule has 2 aromatic heterocycles. The average molecular weight is 215 g/mol. The van der Waals surface area contributed by atoms with Gasteiger partial charge in [-0.3, -0.25) is 5.10 Å². The van der Waals surface area contributed by atoms with Crippen molar-refractivity contribution in [2.75, 3.05) is 0 Å². The molecule has 2 N–H and O–H groups in total. The molecule has 0 radical (unpaired) electrons. The van der Waals surface area contributed by atoms with Gasteiger partial charge in [0.1, 0.15) is 0 Å². The SMILES string of the molecule is O=c1ncc2ccccc2[nH]1.c1c[nH]nn1. The Morgan fingerprint density at radius 1 is 1.19 bits per heavy atom. The maximum Gasteiger partial charge on any atom is 0.345 e. The number of fused-ring (bicyclic) bond motifs is 1. The third-order valence-corrected chi connectivity index (χ3v) is 1.85. The molecule has 0 aliphatic rings. The maximum absolute atomic E-state index is 10.7. The van der Waals surface area contributed by atoms with Crippen LogP contribution in [0.15, 0.2) is 47.7 Å². The molecule has 0 saturated carbocycles. The fourth-order valence-electron chi connectivity index (χ4n) is 1.17. The zero-order valence-corrected chi connectivity index (χ0v) is 8.29. The van der Waals surface area contributed by atoms with Crippen LogP contribution in [0.2, 0.25) is 0 Å². The summed E-state index contributed by atoms with van der Waals surface area (Å²) in [6, 6.07) is 7.53. The number of para-hydroxylation sites is 1. The summed E-state index contributed by atoms with van der Waals surface area (Å²) >= 11 is 0. The Morgan fingerprint density at radius 2 is 2.06 bits per heavy atom. The monoisotopic (exact) mass is 215 g/mol. The molecule has 0 fully saturated rings. The summed E-state index contributed by atoms with van der Waals surface area (Å²) in [4.78, 5) is 16.9. The van der Waals surface area contributed by atoms with Gasteiger partial charge < -0.3 is 4.98 Å². The summed E-state index contributed by atoms with van der Waals surface area (Å²) in [6.07, 6.45) is 4.80. The second kappa shape index (κ2) is 4.83. The molecule has 80 valence electrons. The lowest BCUT2D eigenvalue weighted by Gasteiger charge is -1.92. The summed E-state index contributed by atoms with van der Waals surface area (Å²) < 4.78 is 0. The van der Waals surface area contributed by atoms with E-state index in [-0.39, 0.29) is 5.69 Å². The molecule has 1 aromatic carbocycles. The fourth-order valence-corrected chi connectivity index (χ4v) is 1.17. The first-order chi connectivity index (χ1) is 7.86. The van der Waals surface area contributed by atoms with E-state index in [1.807, 2.05) is 24.3 Å². The van der Waals surface area contributed by atoms with Crippen LogP contribution in [0.3, 0.4) is 0 Å². The van der Waals surface area contributed by atoms with Gasteiger partial charge in [-0.05, 0) is 6.07 Å². The molecule has 16 heavy (non-hydrogen) atoms. The highest BCUT2D eigenvalue weighted by molar-refractivity contribution is 5.76. The van der Waals surface area contributed by atoms with Crippen LogP contribution >= 0.6 is 0 Å². The summed E-state index contributed by atoms with van der Waals surface area (Å²) in [5, 5.41) is 10.2. The van der Waals surface area contributed by atoms with Crippen molar-refractivity contribution in [3.8, 4) is 0 Å². The molecule has 0 aliphatic carbocycles. The minimum atomic E-state index is -0.302. The molecule has 3 aromatic rings. The van der Waals surface area contributed by atoms with Crippen molar-refractivity contribution in [1.29, 1.82) is 0 Å². The predicted octanol–water partition coefficient (Wildman–Crippen LogP) is 0.728. The van der Waals surface area contributed by atoms with Gasteiger partial charge in [0, 0.05) is 17.8 Å². The smallest absolute Gasteiger partial charge is 0.305 e. The second-order valence-corrected chi connectivity index (χ2v) is 2.94. The highest BCUT2D eigenvalue weighted by atomic mass is 16.1. The molecule has 0 amide bonds. The van der Waals surface area contributed by atoms with Gasteiger partial charge in [-0.1, -0.05) is 23.4 Å². The van der Waals surface area contributed by atoms with Crippen LogP contribution in [0.25, 0.3) is 10.9 Å². The number of H-pyrrole nitrogens is 2. The minimum absolute atomic E-state index is 0.302. The first-order valence-corrected chi connectivity index (χ1v) is 4.61. The zero-order valence-electron chi connectivity index (χ0n) is 8.29. The van der Waals surface area contributed by atoms with Crippen LogP contribution in [0.4, 0.5) is 0 Å². The van der Waals surface area contributed by atoms with Gasteiger partial charge in [0.15, 0.2) is 0 Å². The fraction of sp³-hybridized carbons (Fsp3) is 0. The maximum atomic E-state index is 10.7. The van der Waals surface area contributed by atoms with Crippen LogP contribution < -0.4 is 5.69 Å². The van der Waals surface area contributed by atoms with Crippen LogP contribution in [0.5, 0.6) is 0 Å². The van der Waals surface area contributed by atoms with Crippen LogP contribution in [0.1, 0.15) is 0 Å². The average Bonchev–Trinajstić information content (AvgIpc) is 2.87. The number of hydrogen-bond donors (Lipinski definition) is 2. The first-order valence-electron chi connectivity index (χ1n) is 4.61. The topological polar surface area (TPSA) is 87.3 Å². The molecule has 6 heteroatoms. The number of aromatic amines is 2. The van der Waals surface area contributed by atoms with Crippen molar-refractivity contribution in [2.45, 2.75) is 0 Å². The van der Waals surface area contributed by atoms with E-state index in [0.717, 1.165) is 10.9 Å². The molecule has 2 heterocycles. The van der Waals surface area contributed by atoms with Gasteiger partial charge in [0.25, 0.3) is 0 Å². The quantitative estimate of drug-likeness (QED) is 0.578. The zero-order chi connectivity index (χ0) is 11.2. The molecular formula is C10H9N5O. The Labute approximate surface area is 90.4 Å². The highest BCUT2D eigenvalue weighted by Crippen LogP contribution is 2.05. The molecule has 0 spiro atoms. The number of benzene rings is 1. The molecule has 0 bridgehead atoms. The van der Waals surface area contributed by atoms with Gasteiger partial charge >= 0.3 is 5.69 Å². The third kappa shape index (κ3) is 2.50. The Balaban J connectivity index is 0.000000162. The molecule has 0 atom stereocenters. The summed E-state index contributed by atoms with van der Waals surface area (Å²) in [7, 11) is 0. The molecule has 6 nitrogen and oxygen atoms in total. The number of nitrogens with zero attached hydrogens (tertiary/aromatic N) is 3. The Morgan fingerprint density at radius 3 is 2.75 bits per heavy atom. The summed E-state index contributed by atoms with van der Waals surface area (Å²) in [6.45, 7) is 0. The van der Waals surface area contributed by atoms with Gasteiger partial charge in [0.05, 0.1) is 11.7 Å². The standard InChI is InChI=1S/C8H6N2O.C2H3N3/c11-8-9-5-6-3-1-2-4-7(6)10-8;1-2-4-5-3-1/h1-5H,(H,9,10,11);1-2H,(H,3,4,5). The van der Waals surface area contributed by atoms with E-state index < -0.39 is 0 Å². The number of aromatic nitrogens is 5. The largest absolute Gasteiger partial charge is 0.345 e. The van der Waals surface area contributed by atoms with Crippen molar-refractivity contribution in [2.24, 2.45) is 0 Å². The Bertz CT molecular complexity index is 584. The van der Waals surface area contributed by atoms with Crippen LogP contribution in [-0.4, -0.2) is 25.4 Å². The van der Waals surface area contributed by atoms with E-state index >= 15 is 0 Å². The number of hydrogen-bond acceptors (Lipinski definition) is 4. The highest BCUT2D eigenvalue weighted by Gasteiger charge is 1.90. The van der Waals surface area contributed by atoms with E-state index in [1.54, 1.807) is 18.6 Å². The van der Waals surface area contributed by atoms with E-state index in [0.29, 0.717) is 0 Å². The molecule has 0 unspecified atom stereocenters. The molecule has 3 rings (SSSR count). The number of rotatable bonds is 0.